The fraction of sp³-hybridized carbons (Fsp3) is 0.579. The summed E-state index contributed by atoms with van der Waals surface area (Å²) in [4.78, 5) is 9.90. The maximum absolute atomic E-state index is 4.97. The summed E-state index contributed by atoms with van der Waals surface area (Å²) in [7, 11) is 0. The smallest absolute Gasteiger partial charge is 0.0893 e. The fourth-order valence-corrected chi connectivity index (χ4v) is 3.67. The van der Waals surface area contributed by atoms with E-state index in [0.29, 0.717) is 16.4 Å². The highest BCUT2D eigenvalue weighted by Gasteiger charge is 2.12. The van der Waals surface area contributed by atoms with Crippen LogP contribution in [0.1, 0.15) is 64.4 Å². The Kier molecular flexibility index (Phi) is 6.78. The van der Waals surface area contributed by atoms with E-state index < -0.39 is 0 Å². The van der Waals surface area contributed by atoms with Crippen molar-refractivity contribution in [1.29, 1.82) is 0 Å². The lowest BCUT2D eigenvalue weighted by atomic mass is 10.0. The zero-order valence-corrected chi connectivity index (χ0v) is 16.7. The van der Waals surface area contributed by atoms with E-state index >= 15 is 0 Å². The summed E-state index contributed by atoms with van der Waals surface area (Å²) >= 11 is 3.88. The van der Waals surface area contributed by atoms with Crippen LogP contribution in [0.25, 0.3) is 11.0 Å². The van der Waals surface area contributed by atoms with Crippen molar-refractivity contribution in [2.24, 2.45) is 0 Å². The van der Waals surface area contributed by atoms with Crippen LogP contribution in [0.15, 0.2) is 18.2 Å². The molecule has 0 aliphatic carbocycles. The molecule has 23 heavy (non-hydrogen) atoms. The number of thioether (sulfide) groups is 2. The van der Waals surface area contributed by atoms with Crippen LogP contribution >= 0.6 is 23.5 Å². The number of rotatable bonds is 7. The van der Waals surface area contributed by atoms with Crippen LogP contribution in [0.2, 0.25) is 0 Å². The lowest BCUT2D eigenvalue weighted by Crippen LogP contribution is -2.03. The van der Waals surface area contributed by atoms with Gasteiger partial charge >= 0.3 is 0 Å². The first kappa shape index (κ1) is 18.6. The minimum absolute atomic E-state index is 0.519. The summed E-state index contributed by atoms with van der Waals surface area (Å²) in [6.45, 7) is 13.4. The molecule has 0 fully saturated rings. The van der Waals surface area contributed by atoms with E-state index in [0.717, 1.165) is 33.9 Å². The van der Waals surface area contributed by atoms with Crippen molar-refractivity contribution < 1.29 is 0 Å². The van der Waals surface area contributed by atoms with Gasteiger partial charge in [0.15, 0.2) is 0 Å². The third-order valence-corrected chi connectivity index (χ3v) is 5.83. The third kappa shape index (κ3) is 5.39. The lowest BCUT2D eigenvalue weighted by molar-refractivity contribution is 0.867. The van der Waals surface area contributed by atoms with Gasteiger partial charge in [0.25, 0.3) is 0 Å². The molecule has 1 aromatic carbocycles. The molecule has 0 saturated heterocycles. The van der Waals surface area contributed by atoms with Crippen LogP contribution in [0.3, 0.4) is 0 Å². The van der Waals surface area contributed by atoms with E-state index in [4.69, 9.17) is 9.97 Å². The standard InChI is InChI=1S/C19H28N2S2/c1-12(2)15-7-8-16-17(9-15)21-19(11-23-14(5)6)18(20-16)10-22-13(3)4/h7-9,12-14H,10-11H2,1-6H3. The van der Waals surface area contributed by atoms with Crippen molar-refractivity contribution in [1.82, 2.24) is 9.97 Å². The summed E-state index contributed by atoms with van der Waals surface area (Å²) in [6, 6.07) is 6.51. The number of nitrogens with zero attached hydrogens (tertiary/aromatic N) is 2. The second-order valence-electron chi connectivity index (χ2n) is 6.74. The highest BCUT2D eigenvalue weighted by atomic mass is 32.2. The van der Waals surface area contributed by atoms with Crippen LogP contribution in [0.5, 0.6) is 0 Å². The molecule has 0 N–H and O–H groups in total. The lowest BCUT2D eigenvalue weighted by Gasteiger charge is -2.13. The Labute approximate surface area is 149 Å². The molecule has 0 saturated carbocycles. The maximum Gasteiger partial charge on any atom is 0.0893 e. The van der Waals surface area contributed by atoms with Gasteiger partial charge in [0, 0.05) is 11.5 Å². The maximum atomic E-state index is 4.97. The van der Waals surface area contributed by atoms with Crippen molar-refractivity contribution >= 4 is 34.6 Å². The first-order valence-electron chi connectivity index (χ1n) is 8.39. The molecule has 2 rings (SSSR count). The largest absolute Gasteiger partial charge is 0.248 e. The molecule has 2 aromatic rings. The summed E-state index contributed by atoms with van der Waals surface area (Å²) in [5, 5.41) is 1.22. The van der Waals surface area contributed by atoms with Gasteiger partial charge in [0.2, 0.25) is 0 Å². The Bertz CT molecular complexity index is 651. The highest BCUT2D eigenvalue weighted by molar-refractivity contribution is 7.99. The molecule has 0 unspecified atom stereocenters. The molecule has 1 aromatic heterocycles. The van der Waals surface area contributed by atoms with E-state index in [1.807, 2.05) is 23.5 Å². The molecule has 0 atom stereocenters. The minimum atomic E-state index is 0.519. The van der Waals surface area contributed by atoms with Crippen LogP contribution in [0.4, 0.5) is 0 Å². The quantitative estimate of drug-likeness (QED) is 0.609. The van der Waals surface area contributed by atoms with Gasteiger partial charge in [-0.15, -0.1) is 0 Å². The predicted octanol–water partition coefficient (Wildman–Crippen LogP) is 6.04. The van der Waals surface area contributed by atoms with Crippen molar-refractivity contribution in [3.8, 4) is 0 Å². The SMILES string of the molecule is CC(C)SCc1nc2ccc(C(C)C)cc2nc1CSC(C)C. The van der Waals surface area contributed by atoms with Gasteiger partial charge in [-0.05, 0) is 34.1 Å². The van der Waals surface area contributed by atoms with Gasteiger partial charge < -0.3 is 0 Å². The van der Waals surface area contributed by atoms with E-state index in [9.17, 15) is 0 Å². The molecule has 2 nitrogen and oxygen atoms in total. The summed E-state index contributed by atoms with van der Waals surface area (Å²) in [5.74, 6) is 2.41. The topological polar surface area (TPSA) is 25.8 Å². The third-order valence-electron chi connectivity index (χ3n) is 3.62. The van der Waals surface area contributed by atoms with E-state index in [2.05, 4.69) is 59.7 Å². The van der Waals surface area contributed by atoms with Crippen molar-refractivity contribution in [3.63, 3.8) is 0 Å². The van der Waals surface area contributed by atoms with E-state index in [1.54, 1.807) is 0 Å². The van der Waals surface area contributed by atoms with Gasteiger partial charge in [-0.25, -0.2) is 9.97 Å². The first-order valence-corrected chi connectivity index (χ1v) is 10.5. The molecule has 0 aliphatic heterocycles. The predicted molar refractivity (Wildman–Crippen MR) is 106 cm³/mol. The molecule has 0 radical (unpaired) electrons. The van der Waals surface area contributed by atoms with Crippen molar-refractivity contribution in [2.45, 2.75) is 69.5 Å². The minimum Gasteiger partial charge on any atom is -0.248 e. The van der Waals surface area contributed by atoms with Crippen LogP contribution in [0, 0.1) is 0 Å². The second kappa shape index (κ2) is 8.39. The normalized spacial score (nSPS) is 12.0. The Morgan fingerprint density at radius 1 is 0.783 bits per heavy atom. The molecular weight excluding hydrogens is 320 g/mol. The summed E-state index contributed by atoms with van der Waals surface area (Å²) in [5.41, 5.74) is 5.70. The average Bonchev–Trinajstić information content (AvgIpc) is 2.49. The van der Waals surface area contributed by atoms with Gasteiger partial charge in [-0.1, -0.05) is 47.6 Å². The highest BCUT2D eigenvalue weighted by Crippen LogP contribution is 2.26. The van der Waals surface area contributed by atoms with E-state index in [1.165, 1.54) is 5.56 Å². The van der Waals surface area contributed by atoms with E-state index in [-0.39, 0.29) is 0 Å². The van der Waals surface area contributed by atoms with Crippen LogP contribution in [-0.4, -0.2) is 20.5 Å². The molecule has 0 spiro atoms. The molecule has 0 bridgehead atoms. The zero-order chi connectivity index (χ0) is 17.0. The van der Waals surface area contributed by atoms with Crippen LogP contribution in [-0.2, 0) is 11.5 Å². The summed E-state index contributed by atoms with van der Waals surface area (Å²) < 4.78 is 0. The van der Waals surface area contributed by atoms with Gasteiger partial charge in [-0.2, -0.15) is 23.5 Å². The Morgan fingerprint density at radius 3 is 1.78 bits per heavy atom. The first-order chi connectivity index (χ1) is 10.9. The monoisotopic (exact) mass is 348 g/mol. The number of fused-ring (bicyclic) bond motifs is 1. The Morgan fingerprint density at radius 2 is 1.30 bits per heavy atom. The molecular formula is C19H28N2S2. The second-order valence-corrected chi connectivity index (χ2v) is 9.87. The molecule has 0 amide bonds. The van der Waals surface area contributed by atoms with Gasteiger partial charge in [-0.3, -0.25) is 0 Å². The molecule has 4 heteroatoms. The van der Waals surface area contributed by atoms with Crippen molar-refractivity contribution in [3.05, 3.63) is 35.2 Å². The number of benzene rings is 1. The molecule has 0 aliphatic rings. The zero-order valence-electron chi connectivity index (χ0n) is 15.1. The average molecular weight is 349 g/mol. The number of hydrogen-bond donors (Lipinski definition) is 0. The van der Waals surface area contributed by atoms with Gasteiger partial charge in [0.05, 0.1) is 22.4 Å². The van der Waals surface area contributed by atoms with Gasteiger partial charge in [0.1, 0.15) is 0 Å². The van der Waals surface area contributed by atoms with Crippen molar-refractivity contribution in [2.75, 3.05) is 0 Å². The molecule has 126 valence electrons. The number of aromatic nitrogens is 2. The number of hydrogen-bond acceptors (Lipinski definition) is 4. The Hall–Kier alpha value is -0.740. The van der Waals surface area contributed by atoms with Crippen LogP contribution < -0.4 is 0 Å². The summed E-state index contributed by atoms with van der Waals surface area (Å²) in [6.07, 6.45) is 0. The Balaban J connectivity index is 2.40. The molecule has 1 heterocycles. The fourth-order valence-electron chi connectivity index (χ4n) is 2.23.